The van der Waals surface area contributed by atoms with E-state index in [0.29, 0.717) is 5.69 Å². The summed E-state index contributed by atoms with van der Waals surface area (Å²) in [7, 11) is 0. The Morgan fingerprint density at radius 2 is 2.05 bits per heavy atom. The second-order valence-electron chi connectivity index (χ2n) is 4.71. The molecule has 0 bridgehead atoms. The van der Waals surface area contributed by atoms with E-state index in [2.05, 4.69) is 15.3 Å². The summed E-state index contributed by atoms with van der Waals surface area (Å²) in [6, 6.07) is -0.823. The van der Waals surface area contributed by atoms with Crippen molar-refractivity contribution in [3.8, 4) is 0 Å². The number of amides is 2. The highest BCUT2D eigenvalue weighted by atomic mass is 16.2. The van der Waals surface area contributed by atoms with Crippen LogP contribution in [0, 0.1) is 0 Å². The predicted octanol–water partition coefficient (Wildman–Crippen LogP) is -0.749. The maximum absolute atomic E-state index is 12.1. The van der Waals surface area contributed by atoms with Gasteiger partial charge in [-0.2, -0.15) is 0 Å². The average Bonchev–Trinajstić information content (AvgIpc) is 2.87. The Morgan fingerprint density at radius 3 is 2.57 bits per heavy atom. The van der Waals surface area contributed by atoms with Gasteiger partial charge in [-0.3, -0.25) is 19.2 Å². The van der Waals surface area contributed by atoms with Gasteiger partial charge in [0.15, 0.2) is 5.78 Å². The topological polar surface area (TPSA) is 135 Å². The summed E-state index contributed by atoms with van der Waals surface area (Å²) < 4.78 is 0. The first kappa shape index (κ1) is 16.5. The molecule has 1 aromatic heterocycles. The number of nitrogens with zero attached hydrogens (tertiary/aromatic N) is 1. The Labute approximate surface area is 121 Å². The van der Waals surface area contributed by atoms with E-state index >= 15 is 0 Å². The molecule has 0 aliphatic rings. The van der Waals surface area contributed by atoms with Crippen molar-refractivity contribution in [3.63, 3.8) is 0 Å². The zero-order chi connectivity index (χ0) is 15.8. The number of hydrogen-bond donors (Lipinski definition) is 3. The number of aromatic amines is 1. The summed E-state index contributed by atoms with van der Waals surface area (Å²) in [5.74, 6) is -1.73. The Hall–Kier alpha value is -2.51. The smallest absolute Gasteiger partial charge is 0.228 e. The molecule has 0 unspecified atom stereocenters. The number of H-pyrrole nitrogens is 1. The number of nitrogens with two attached hydrogens (primary N) is 1. The zero-order valence-electron chi connectivity index (χ0n) is 11.7. The van der Waals surface area contributed by atoms with Gasteiger partial charge >= 0.3 is 0 Å². The molecule has 0 fully saturated rings. The predicted molar refractivity (Wildman–Crippen MR) is 73.0 cm³/mol. The number of nitrogens with one attached hydrogen (secondary N) is 2. The monoisotopic (exact) mass is 294 g/mol. The minimum absolute atomic E-state index is 0.0610. The first-order valence-corrected chi connectivity index (χ1v) is 6.45. The number of primary amides is 1. The average molecular weight is 294 g/mol. The van der Waals surface area contributed by atoms with Crippen molar-refractivity contribution in [2.45, 2.75) is 38.6 Å². The standard InChI is InChI=1S/C13H18N4O4/c1-8(18)4-13(21)17-10(5-9-6-15-7-16-9)11(19)2-3-12(14)20/h6-7,10H,2-5H2,1H3,(H2,14,20)(H,15,16)(H,17,21)/t10-/m0/s1. The van der Waals surface area contributed by atoms with Crippen LogP contribution >= 0.6 is 0 Å². The summed E-state index contributed by atoms with van der Waals surface area (Å²) in [5.41, 5.74) is 5.67. The lowest BCUT2D eigenvalue weighted by molar-refractivity contribution is -0.131. The zero-order valence-corrected chi connectivity index (χ0v) is 11.7. The highest BCUT2D eigenvalue weighted by Gasteiger charge is 2.22. The molecule has 1 heterocycles. The fraction of sp³-hybridized carbons (Fsp3) is 0.462. The second kappa shape index (κ2) is 7.93. The van der Waals surface area contributed by atoms with E-state index < -0.39 is 17.9 Å². The molecular weight excluding hydrogens is 276 g/mol. The third-order valence-electron chi connectivity index (χ3n) is 2.73. The van der Waals surface area contributed by atoms with Crippen LogP contribution < -0.4 is 11.1 Å². The van der Waals surface area contributed by atoms with Gasteiger partial charge in [-0.1, -0.05) is 0 Å². The number of rotatable bonds is 9. The van der Waals surface area contributed by atoms with E-state index in [1.165, 1.54) is 19.4 Å². The van der Waals surface area contributed by atoms with Gasteiger partial charge in [0.05, 0.1) is 18.8 Å². The van der Waals surface area contributed by atoms with Crippen molar-refractivity contribution in [2.75, 3.05) is 0 Å². The van der Waals surface area contributed by atoms with E-state index in [0.717, 1.165) is 0 Å². The van der Waals surface area contributed by atoms with E-state index in [9.17, 15) is 19.2 Å². The Kier molecular flexibility index (Phi) is 6.25. The molecule has 8 heteroatoms. The minimum Gasteiger partial charge on any atom is -0.370 e. The fourth-order valence-corrected chi connectivity index (χ4v) is 1.75. The molecular formula is C13H18N4O4. The number of ketones is 2. The van der Waals surface area contributed by atoms with Crippen LogP contribution in [-0.4, -0.2) is 39.4 Å². The van der Waals surface area contributed by atoms with E-state index in [1.807, 2.05) is 0 Å². The second-order valence-corrected chi connectivity index (χ2v) is 4.71. The third kappa shape index (κ3) is 6.46. The van der Waals surface area contributed by atoms with Crippen LogP contribution in [-0.2, 0) is 25.6 Å². The molecule has 0 aliphatic carbocycles. The van der Waals surface area contributed by atoms with Gasteiger partial charge in [0, 0.05) is 31.2 Å². The van der Waals surface area contributed by atoms with Crippen molar-refractivity contribution in [2.24, 2.45) is 5.73 Å². The molecule has 1 aromatic rings. The maximum Gasteiger partial charge on any atom is 0.228 e. The molecule has 1 atom stereocenters. The van der Waals surface area contributed by atoms with Crippen LogP contribution in [0.25, 0.3) is 0 Å². The van der Waals surface area contributed by atoms with Crippen LogP contribution in [0.15, 0.2) is 12.5 Å². The molecule has 0 spiro atoms. The Bertz CT molecular complexity index is 524. The molecule has 8 nitrogen and oxygen atoms in total. The molecule has 0 aromatic carbocycles. The number of aromatic nitrogens is 2. The lowest BCUT2D eigenvalue weighted by Gasteiger charge is -2.16. The largest absolute Gasteiger partial charge is 0.370 e. The summed E-state index contributed by atoms with van der Waals surface area (Å²) in [6.45, 7) is 1.29. The molecule has 21 heavy (non-hydrogen) atoms. The minimum atomic E-state index is -0.823. The van der Waals surface area contributed by atoms with Crippen LogP contribution in [0.1, 0.15) is 31.9 Å². The van der Waals surface area contributed by atoms with Gasteiger partial charge in [0.2, 0.25) is 11.8 Å². The number of hydrogen-bond acceptors (Lipinski definition) is 5. The van der Waals surface area contributed by atoms with Crippen molar-refractivity contribution >= 4 is 23.4 Å². The number of imidazole rings is 1. The van der Waals surface area contributed by atoms with Crippen LogP contribution in [0.2, 0.25) is 0 Å². The van der Waals surface area contributed by atoms with Crippen LogP contribution in [0.5, 0.6) is 0 Å². The van der Waals surface area contributed by atoms with E-state index in [-0.39, 0.29) is 37.2 Å². The van der Waals surface area contributed by atoms with Crippen molar-refractivity contribution in [1.82, 2.24) is 15.3 Å². The molecule has 0 radical (unpaired) electrons. The summed E-state index contributed by atoms with van der Waals surface area (Å²) in [4.78, 5) is 52.0. The SMILES string of the molecule is CC(=O)CC(=O)N[C@@H](Cc1cnc[nH]1)C(=O)CCC(N)=O. The third-order valence-corrected chi connectivity index (χ3v) is 2.73. The molecule has 1 rings (SSSR count). The van der Waals surface area contributed by atoms with E-state index in [1.54, 1.807) is 0 Å². The molecule has 0 saturated carbocycles. The summed E-state index contributed by atoms with van der Waals surface area (Å²) in [5, 5.41) is 2.50. The quantitative estimate of drug-likeness (QED) is 0.515. The lowest BCUT2D eigenvalue weighted by Crippen LogP contribution is -2.43. The Balaban J connectivity index is 2.68. The van der Waals surface area contributed by atoms with Crippen molar-refractivity contribution in [3.05, 3.63) is 18.2 Å². The van der Waals surface area contributed by atoms with Crippen molar-refractivity contribution in [1.29, 1.82) is 0 Å². The highest BCUT2D eigenvalue weighted by molar-refractivity contribution is 5.99. The maximum atomic E-state index is 12.1. The number of carbonyl (C=O) groups excluding carboxylic acids is 4. The van der Waals surface area contributed by atoms with Gasteiger partial charge in [0.25, 0.3) is 0 Å². The first-order valence-electron chi connectivity index (χ1n) is 6.45. The van der Waals surface area contributed by atoms with Crippen LogP contribution in [0.4, 0.5) is 0 Å². The van der Waals surface area contributed by atoms with Gasteiger partial charge in [-0.05, 0) is 6.92 Å². The normalized spacial score (nSPS) is 11.7. The Morgan fingerprint density at radius 1 is 1.33 bits per heavy atom. The van der Waals surface area contributed by atoms with Gasteiger partial charge < -0.3 is 16.0 Å². The molecule has 0 saturated heterocycles. The molecule has 2 amide bonds. The summed E-state index contributed by atoms with van der Waals surface area (Å²) >= 11 is 0. The summed E-state index contributed by atoms with van der Waals surface area (Å²) in [6.07, 6.45) is 2.77. The van der Waals surface area contributed by atoms with Crippen molar-refractivity contribution < 1.29 is 19.2 Å². The number of carbonyl (C=O) groups is 4. The fourth-order valence-electron chi connectivity index (χ4n) is 1.75. The molecule has 4 N–H and O–H groups in total. The first-order chi connectivity index (χ1) is 9.88. The lowest BCUT2D eigenvalue weighted by atomic mass is 10.0. The van der Waals surface area contributed by atoms with Gasteiger partial charge in [-0.25, -0.2) is 4.98 Å². The van der Waals surface area contributed by atoms with E-state index in [4.69, 9.17) is 5.73 Å². The van der Waals surface area contributed by atoms with Gasteiger partial charge in [-0.15, -0.1) is 0 Å². The molecule has 114 valence electrons. The molecule has 0 aliphatic heterocycles. The van der Waals surface area contributed by atoms with Crippen LogP contribution in [0.3, 0.4) is 0 Å². The van der Waals surface area contributed by atoms with Gasteiger partial charge in [0.1, 0.15) is 5.78 Å². The highest BCUT2D eigenvalue weighted by Crippen LogP contribution is 2.04. The number of Topliss-reactive ketones (excluding diaryl/α,β-unsaturated/α-hetero) is 2.